The first-order valence-corrected chi connectivity index (χ1v) is 8.39. The lowest BCUT2D eigenvalue weighted by atomic mass is 10.0. The highest BCUT2D eigenvalue weighted by atomic mass is 16.5. The average Bonchev–Trinajstić information content (AvgIpc) is 3.44. The molecule has 5 nitrogen and oxygen atoms in total. The van der Waals surface area contributed by atoms with Crippen molar-refractivity contribution in [3.8, 4) is 0 Å². The first-order chi connectivity index (χ1) is 12.1. The Labute approximate surface area is 147 Å². The van der Waals surface area contributed by atoms with E-state index in [4.69, 9.17) is 4.74 Å². The molecule has 1 atom stereocenters. The van der Waals surface area contributed by atoms with E-state index in [1.54, 1.807) is 12.1 Å². The van der Waals surface area contributed by atoms with Crippen LogP contribution < -0.4 is 10.6 Å². The van der Waals surface area contributed by atoms with E-state index in [1.807, 2.05) is 43.3 Å². The smallest absolute Gasteiger partial charge is 0.337 e. The minimum atomic E-state index is -0.520. The van der Waals surface area contributed by atoms with Gasteiger partial charge in [0.1, 0.15) is 6.04 Å². The van der Waals surface area contributed by atoms with Gasteiger partial charge in [0.15, 0.2) is 0 Å². The molecule has 2 N–H and O–H groups in total. The molecule has 0 spiro atoms. The zero-order chi connectivity index (χ0) is 17.8. The molecule has 2 aromatic carbocycles. The molecule has 0 unspecified atom stereocenters. The summed E-state index contributed by atoms with van der Waals surface area (Å²) in [6.07, 6.45) is 2.06. The molecule has 1 amide bonds. The van der Waals surface area contributed by atoms with Crippen molar-refractivity contribution in [1.29, 1.82) is 0 Å². The number of hydrogen-bond donors (Lipinski definition) is 2. The molecule has 130 valence electrons. The van der Waals surface area contributed by atoms with Gasteiger partial charge in [-0.15, -0.1) is 0 Å². The highest BCUT2D eigenvalue weighted by molar-refractivity contribution is 5.91. The summed E-state index contributed by atoms with van der Waals surface area (Å²) in [6, 6.07) is 14.6. The van der Waals surface area contributed by atoms with Gasteiger partial charge < -0.3 is 15.4 Å². The Balaban J connectivity index is 1.89. The second-order valence-electron chi connectivity index (χ2n) is 6.29. The Morgan fingerprint density at radius 1 is 1.12 bits per heavy atom. The van der Waals surface area contributed by atoms with Crippen molar-refractivity contribution >= 4 is 17.6 Å². The second-order valence-corrected chi connectivity index (χ2v) is 6.29. The van der Waals surface area contributed by atoms with Gasteiger partial charge in [0.25, 0.3) is 0 Å². The quantitative estimate of drug-likeness (QED) is 0.794. The van der Waals surface area contributed by atoms with Gasteiger partial charge >= 0.3 is 5.97 Å². The number of hydrogen-bond acceptors (Lipinski definition) is 4. The van der Waals surface area contributed by atoms with Crippen LogP contribution in [-0.2, 0) is 9.53 Å². The third-order valence-corrected chi connectivity index (χ3v) is 4.28. The molecule has 25 heavy (non-hydrogen) atoms. The topological polar surface area (TPSA) is 67.4 Å². The first-order valence-electron chi connectivity index (χ1n) is 8.39. The Hall–Kier alpha value is -2.82. The molecule has 0 radical (unpaired) electrons. The maximum absolute atomic E-state index is 12.7. The number of benzene rings is 2. The van der Waals surface area contributed by atoms with E-state index >= 15 is 0 Å². The maximum Gasteiger partial charge on any atom is 0.337 e. The highest BCUT2D eigenvalue weighted by Gasteiger charge is 2.28. The van der Waals surface area contributed by atoms with Gasteiger partial charge in [-0.05, 0) is 43.0 Å². The molecule has 0 aliphatic heterocycles. The number of nitrogens with one attached hydrogen (secondary N) is 2. The molecular formula is C20H22N2O3. The van der Waals surface area contributed by atoms with Crippen molar-refractivity contribution in [2.75, 3.05) is 12.4 Å². The van der Waals surface area contributed by atoms with Crippen molar-refractivity contribution < 1.29 is 14.3 Å². The lowest BCUT2D eigenvalue weighted by Crippen LogP contribution is -2.35. The molecule has 1 saturated carbocycles. The van der Waals surface area contributed by atoms with Crippen LogP contribution in [0.4, 0.5) is 5.69 Å². The van der Waals surface area contributed by atoms with Gasteiger partial charge in [0.2, 0.25) is 5.91 Å². The fourth-order valence-corrected chi connectivity index (χ4v) is 2.64. The van der Waals surface area contributed by atoms with Gasteiger partial charge in [-0.25, -0.2) is 4.79 Å². The second kappa shape index (κ2) is 7.38. The molecule has 0 heterocycles. The van der Waals surface area contributed by atoms with Crippen LogP contribution in [0.1, 0.15) is 40.4 Å². The molecule has 5 heteroatoms. The van der Waals surface area contributed by atoms with Crippen molar-refractivity contribution in [2.24, 2.45) is 0 Å². The first kappa shape index (κ1) is 17.0. The predicted molar refractivity (Wildman–Crippen MR) is 96.5 cm³/mol. The summed E-state index contributed by atoms with van der Waals surface area (Å²) in [7, 11) is 1.35. The highest BCUT2D eigenvalue weighted by Crippen LogP contribution is 2.26. The number of aryl methyl sites for hydroxylation is 1. The fraction of sp³-hybridized carbons (Fsp3) is 0.300. The van der Waals surface area contributed by atoms with E-state index in [9.17, 15) is 9.59 Å². The van der Waals surface area contributed by atoms with E-state index in [0.717, 1.165) is 29.7 Å². The summed E-state index contributed by atoms with van der Waals surface area (Å²) in [5.74, 6) is -0.460. The standard InChI is InChI=1S/C20H22N2O3/c1-13-8-9-15(20(24)25-2)12-17(13)22-18(14-6-4-3-5-7-14)19(23)21-16-10-11-16/h3-9,12,16,18,22H,10-11H2,1-2H3,(H,21,23)/t18-/m1/s1. The fourth-order valence-electron chi connectivity index (χ4n) is 2.64. The van der Waals surface area contributed by atoms with Crippen LogP contribution in [0.15, 0.2) is 48.5 Å². The summed E-state index contributed by atoms with van der Waals surface area (Å²) in [4.78, 5) is 24.5. The molecule has 0 saturated heterocycles. The number of ether oxygens (including phenoxy) is 1. The summed E-state index contributed by atoms with van der Waals surface area (Å²) in [6.45, 7) is 1.93. The summed E-state index contributed by atoms with van der Waals surface area (Å²) < 4.78 is 4.78. The SMILES string of the molecule is COC(=O)c1ccc(C)c(N[C@@H](C(=O)NC2CC2)c2ccccc2)c1. The lowest BCUT2D eigenvalue weighted by Gasteiger charge is -2.21. The normalized spacial score (nSPS) is 14.5. The summed E-state index contributed by atoms with van der Waals surface area (Å²) in [5.41, 5.74) is 3.02. The number of esters is 1. The maximum atomic E-state index is 12.7. The molecule has 0 aromatic heterocycles. The van der Waals surface area contributed by atoms with Gasteiger partial charge in [-0.1, -0.05) is 36.4 Å². The number of carbonyl (C=O) groups is 2. The third-order valence-electron chi connectivity index (χ3n) is 4.28. The lowest BCUT2D eigenvalue weighted by molar-refractivity contribution is -0.122. The number of rotatable bonds is 6. The molecule has 0 bridgehead atoms. The van der Waals surface area contributed by atoms with Crippen LogP contribution in [0.2, 0.25) is 0 Å². The molecule has 2 aromatic rings. The van der Waals surface area contributed by atoms with Crippen LogP contribution in [0.5, 0.6) is 0 Å². The van der Waals surface area contributed by atoms with E-state index in [1.165, 1.54) is 7.11 Å². The Kier molecular flexibility index (Phi) is 5.03. The van der Waals surface area contributed by atoms with E-state index in [0.29, 0.717) is 5.56 Å². The summed E-state index contributed by atoms with van der Waals surface area (Å²) in [5, 5.41) is 6.34. The minimum Gasteiger partial charge on any atom is -0.465 e. The van der Waals surface area contributed by atoms with Gasteiger partial charge in [-0.2, -0.15) is 0 Å². The van der Waals surface area contributed by atoms with Crippen molar-refractivity contribution in [3.63, 3.8) is 0 Å². The van der Waals surface area contributed by atoms with Crippen LogP contribution >= 0.6 is 0 Å². The largest absolute Gasteiger partial charge is 0.465 e. The number of anilines is 1. The van der Waals surface area contributed by atoms with Gasteiger partial charge in [0.05, 0.1) is 12.7 Å². The number of carbonyl (C=O) groups excluding carboxylic acids is 2. The predicted octanol–water partition coefficient (Wildman–Crippen LogP) is 3.21. The Morgan fingerprint density at radius 2 is 1.84 bits per heavy atom. The van der Waals surface area contributed by atoms with Crippen LogP contribution in [0.3, 0.4) is 0 Å². The number of amides is 1. The van der Waals surface area contributed by atoms with Crippen molar-refractivity contribution in [1.82, 2.24) is 5.32 Å². The van der Waals surface area contributed by atoms with E-state index in [2.05, 4.69) is 10.6 Å². The monoisotopic (exact) mass is 338 g/mol. The van der Waals surface area contributed by atoms with Crippen LogP contribution in [0, 0.1) is 6.92 Å². The minimum absolute atomic E-state index is 0.0587. The van der Waals surface area contributed by atoms with Gasteiger partial charge in [0, 0.05) is 11.7 Å². The zero-order valence-corrected chi connectivity index (χ0v) is 14.4. The van der Waals surface area contributed by atoms with Crippen LogP contribution in [0.25, 0.3) is 0 Å². The van der Waals surface area contributed by atoms with E-state index in [-0.39, 0.29) is 11.9 Å². The van der Waals surface area contributed by atoms with Crippen LogP contribution in [-0.4, -0.2) is 25.0 Å². The van der Waals surface area contributed by atoms with Crippen molar-refractivity contribution in [2.45, 2.75) is 31.8 Å². The molecule has 1 fully saturated rings. The van der Waals surface area contributed by atoms with E-state index < -0.39 is 12.0 Å². The average molecular weight is 338 g/mol. The zero-order valence-electron chi connectivity index (χ0n) is 14.4. The van der Waals surface area contributed by atoms with Crippen molar-refractivity contribution in [3.05, 3.63) is 65.2 Å². The molecule has 1 aliphatic rings. The third kappa shape index (κ3) is 4.18. The molecule has 1 aliphatic carbocycles. The molecular weight excluding hydrogens is 316 g/mol. The Morgan fingerprint density at radius 3 is 2.48 bits per heavy atom. The molecule has 3 rings (SSSR count). The van der Waals surface area contributed by atoms with Gasteiger partial charge in [-0.3, -0.25) is 4.79 Å². The summed E-state index contributed by atoms with van der Waals surface area (Å²) >= 11 is 0. The number of methoxy groups -OCH3 is 1. The Bertz CT molecular complexity index is 770.